The Labute approximate surface area is 139 Å². The van der Waals surface area contributed by atoms with Gasteiger partial charge in [-0.25, -0.2) is 4.79 Å². The van der Waals surface area contributed by atoms with E-state index in [2.05, 4.69) is 6.92 Å². The molecule has 0 saturated heterocycles. The smallest absolute Gasteiger partial charge is 0.336 e. The summed E-state index contributed by atoms with van der Waals surface area (Å²) in [6, 6.07) is 15.4. The number of furan rings is 1. The van der Waals surface area contributed by atoms with E-state index in [1.54, 1.807) is 18.6 Å². The summed E-state index contributed by atoms with van der Waals surface area (Å²) >= 11 is 0. The van der Waals surface area contributed by atoms with E-state index in [0.29, 0.717) is 5.58 Å². The molecule has 4 aromatic rings. The van der Waals surface area contributed by atoms with Crippen molar-refractivity contribution in [3.63, 3.8) is 0 Å². The van der Waals surface area contributed by atoms with Crippen LogP contribution in [0.1, 0.15) is 11.1 Å². The average molecular weight is 316 g/mol. The Hall–Kier alpha value is -3.07. The van der Waals surface area contributed by atoms with Gasteiger partial charge in [-0.1, -0.05) is 30.3 Å². The summed E-state index contributed by atoms with van der Waals surface area (Å²) in [4.78, 5) is 12.0. The second kappa shape index (κ2) is 5.53. The maximum atomic E-state index is 12.0. The second-order valence-electron chi connectivity index (χ2n) is 5.92. The highest BCUT2D eigenvalue weighted by atomic mass is 16.4. The van der Waals surface area contributed by atoms with Crippen molar-refractivity contribution in [3.05, 3.63) is 82.6 Å². The summed E-state index contributed by atoms with van der Waals surface area (Å²) in [5, 5.41) is 0.961. The lowest BCUT2D eigenvalue weighted by Crippen LogP contribution is -2.01. The maximum absolute atomic E-state index is 12.0. The number of hydrogen-bond acceptors (Lipinski definition) is 3. The number of benzene rings is 2. The minimum Gasteiger partial charge on any atom is -0.472 e. The molecular weight excluding hydrogens is 300 g/mol. The molecule has 0 spiro atoms. The molecule has 0 bridgehead atoms. The fourth-order valence-corrected chi connectivity index (χ4v) is 3.39. The van der Waals surface area contributed by atoms with Crippen LogP contribution in [0.25, 0.3) is 33.2 Å². The average Bonchev–Trinajstić information content (AvgIpc) is 3.08. The molecular formula is C21H16O3. The van der Waals surface area contributed by atoms with E-state index in [1.165, 1.54) is 0 Å². The van der Waals surface area contributed by atoms with Crippen molar-refractivity contribution in [2.75, 3.05) is 0 Å². The van der Waals surface area contributed by atoms with Crippen molar-refractivity contribution < 1.29 is 8.83 Å². The van der Waals surface area contributed by atoms with Crippen molar-refractivity contribution in [3.8, 4) is 22.3 Å². The summed E-state index contributed by atoms with van der Waals surface area (Å²) in [6.45, 7) is 4.08. The van der Waals surface area contributed by atoms with Gasteiger partial charge in [0.1, 0.15) is 5.58 Å². The maximum Gasteiger partial charge on any atom is 0.336 e. The summed E-state index contributed by atoms with van der Waals surface area (Å²) in [6.07, 6.45) is 3.41. The lowest BCUT2D eigenvalue weighted by molar-refractivity contribution is 0.561. The molecule has 3 nitrogen and oxygen atoms in total. The number of hydrogen-bond donors (Lipinski definition) is 0. The highest BCUT2D eigenvalue weighted by Crippen LogP contribution is 2.37. The van der Waals surface area contributed by atoms with Crippen LogP contribution in [0.2, 0.25) is 0 Å². The van der Waals surface area contributed by atoms with E-state index < -0.39 is 0 Å². The second-order valence-corrected chi connectivity index (χ2v) is 5.92. The molecule has 0 amide bonds. The van der Waals surface area contributed by atoms with Gasteiger partial charge in [-0.05, 0) is 48.2 Å². The predicted molar refractivity (Wildman–Crippen MR) is 95.1 cm³/mol. The minimum atomic E-state index is -0.337. The van der Waals surface area contributed by atoms with Crippen LogP contribution in [-0.2, 0) is 0 Å². The van der Waals surface area contributed by atoms with Crippen molar-refractivity contribution in [1.82, 2.24) is 0 Å². The lowest BCUT2D eigenvalue weighted by atomic mass is 9.91. The quantitative estimate of drug-likeness (QED) is 0.469. The fourth-order valence-electron chi connectivity index (χ4n) is 3.39. The number of aryl methyl sites for hydroxylation is 2. The summed E-state index contributed by atoms with van der Waals surface area (Å²) in [7, 11) is 0. The van der Waals surface area contributed by atoms with Crippen molar-refractivity contribution in [2.45, 2.75) is 13.8 Å². The van der Waals surface area contributed by atoms with E-state index in [4.69, 9.17) is 8.83 Å². The van der Waals surface area contributed by atoms with Crippen LogP contribution in [0.15, 0.2) is 74.7 Å². The van der Waals surface area contributed by atoms with Gasteiger partial charge in [0.2, 0.25) is 0 Å². The molecule has 24 heavy (non-hydrogen) atoms. The van der Waals surface area contributed by atoms with Gasteiger partial charge in [0.15, 0.2) is 0 Å². The Morgan fingerprint density at radius 2 is 1.71 bits per heavy atom. The summed E-state index contributed by atoms with van der Waals surface area (Å²) in [5.41, 5.74) is 6.44. The molecule has 118 valence electrons. The molecule has 3 heteroatoms. The Morgan fingerprint density at radius 3 is 2.42 bits per heavy atom. The van der Waals surface area contributed by atoms with Crippen molar-refractivity contribution in [1.29, 1.82) is 0 Å². The Morgan fingerprint density at radius 1 is 0.917 bits per heavy atom. The van der Waals surface area contributed by atoms with Gasteiger partial charge in [0, 0.05) is 22.6 Å². The first-order chi connectivity index (χ1) is 11.6. The zero-order chi connectivity index (χ0) is 16.7. The molecule has 4 rings (SSSR count). The van der Waals surface area contributed by atoms with Crippen LogP contribution in [-0.4, -0.2) is 0 Å². The lowest BCUT2D eigenvalue weighted by Gasteiger charge is -2.14. The van der Waals surface area contributed by atoms with Gasteiger partial charge in [0.05, 0.1) is 12.5 Å². The first-order valence-electron chi connectivity index (χ1n) is 7.81. The van der Waals surface area contributed by atoms with Crippen molar-refractivity contribution in [2.24, 2.45) is 0 Å². The molecule has 0 saturated carbocycles. The Bertz CT molecular complexity index is 1070. The van der Waals surface area contributed by atoms with Gasteiger partial charge in [-0.3, -0.25) is 0 Å². The van der Waals surface area contributed by atoms with Gasteiger partial charge >= 0.3 is 5.63 Å². The summed E-state index contributed by atoms with van der Waals surface area (Å²) < 4.78 is 10.7. The summed E-state index contributed by atoms with van der Waals surface area (Å²) in [5.74, 6) is 0. The third-order valence-corrected chi connectivity index (χ3v) is 4.38. The van der Waals surface area contributed by atoms with Crippen LogP contribution in [0.4, 0.5) is 0 Å². The van der Waals surface area contributed by atoms with E-state index in [0.717, 1.165) is 38.8 Å². The molecule has 2 aromatic heterocycles. The standard InChI is InChI=1S/C21H16O3/c1-13-10-18-21(14(2)20(13)16-8-9-23-12-16)17(11-19(22)24-18)15-6-4-3-5-7-15/h3-12H,1-2H3. The van der Waals surface area contributed by atoms with Gasteiger partial charge in [-0.15, -0.1) is 0 Å². The molecule has 2 heterocycles. The highest BCUT2D eigenvalue weighted by Gasteiger charge is 2.16. The van der Waals surface area contributed by atoms with Crippen LogP contribution < -0.4 is 5.63 Å². The van der Waals surface area contributed by atoms with Gasteiger partial charge in [0.25, 0.3) is 0 Å². The third kappa shape index (κ3) is 2.26. The predicted octanol–water partition coefficient (Wildman–Crippen LogP) is 5.34. The number of rotatable bonds is 2. The van der Waals surface area contributed by atoms with Crippen molar-refractivity contribution >= 4 is 11.0 Å². The van der Waals surface area contributed by atoms with Crippen LogP contribution >= 0.6 is 0 Å². The Kier molecular flexibility index (Phi) is 3.35. The minimum absolute atomic E-state index is 0.337. The Balaban J connectivity index is 2.14. The highest BCUT2D eigenvalue weighted by molar-refractivity contribution is 6.00. The zero-order valence-corrected chi connectivity index (χ0v) is 13.5. The van der Waals surface area contributed by atoms with E-state index in [-0.39, 0.29) is 5.63 Å². The number of fused-ring (bicyclic) bond motifs is 1. The normalized spacial score (nSPS) is 11.1. The van der Waals surface area contributed by atoms with Gasteiger partial charge in [-0.2, -0.15) is 0 Å². The SMILES string of the molecule is Cc1cc2oc(=O)cc(-c3ccccc3)c2c(C)c1-c1ccoc1. The van der Waals surface area contributed by atoms with Gasteiger partial charge < -0.3 is 8.83 Å². The van der Waals surface area contributed by atoms with Crippen LogP contribution in [0, 0.1) is 13.8 Å². The van der Waals surface area contributed by atoms with Crippen LogP contribution in [0.3, 0.4) is 0 Å². The molecule has 0 aliphatic rings. The van der Waals surface area contributed by atoms with E-state index >= 15 is 0 Å². The third-order valence-electron chi connectivity index (χ3n) is 4.38. The largest absolute Gasteiger partial charge is 0.472 e. The topological polar surface area (TPSA) is 43.4 Å². The molecule has 0 fully saturated rings. The molecule has 0 aliphatic carbocycles. The molecule has 0 aliphatic heterocycles. The van der Waals surface area contributed by atoms with E-state index in [9.17, 15) is 4.79 Å². The monoisotopic (exact) mass is 316 g/mol. The first-order valence-corrected chi connectivity index (χ1v) is 7.81. The first kappa shape index (κ1) is 14.5. The molecule has 0 radical (unpaired) electrons. The zero-order valence-electron chi connectivity index (χ0n) is 13.5. The fraction of sp³-hybridized carbons (Fsp3) is 0.0952. The molecule has 0 N–H and O–H groups in total. The molecule has 2 aromatic carbocycles. The van der Waals surface area contributed by atoms with E-state index in [1.807, 2.05) is 49.4 Å². The van der Waals surface area contributed by atoms with Crippen LogP contribution in [0.5, 0.6) is 0 Å². The molecule has 0 atom stereocenters. The molecule has 0 unspecified atom stereocenters.